The van der Waals surface area contributed by atoms with E-state index >= 15 is 0 Å². The molecule has 0 amide bonds. The van der Waals surface area contributed by atoms with Gasteiger partial charge < -0.3 is 0 Å². The lowest BCUT2D eigenvalue weighted by atomic mass is 9.80. The van der Waals surface area contributed by atoms with Crippen molar-refractivity contribution in [3.63, 3.8) is 0 Å². The molecule has 0 spiro atoms. The van der Waals surface area contributed by atoms with Crippen LogP contribution in [0.5, 0.6) is 0 Å². The summed E-state index contributed by atoms with van der Waals surface area (Å²) in [5, 5.41) is 0. The van der Waals surface area contributed by atoms with Crippen molar-refractivity contribution in [2.45, 2.75) is 97.8 Å². The summed E-state index contributed by atoms with van der Waals surface area (Å²) in [6, 6.07) is 6.98. The Bertz CT molecular complexity index is 480. The normalized spacial score (nSPS) is 13.0. The number of hydrogen-bond donors (Lipinski definition) is 0. The molecule has 0 saturated heterocycles. The minimum atomic E-state index is 0.170. The summed E-state index contributed by atoms with van der Waals surface area (Å²) in [7, 11) is 0. The zero-order valence-corrected chi connectivity index (χ0v) is 17.2. The molecule has 0 heterocycles. The van der Waals surface area contributed by atoms with E-state index in [-0.39, 0.29) is 10.8 Å². The van der Waals surface area contributed by atoms with Gasteiger partial charge in [-0.25, -0.2) is 0 Å². The highest BCUT2D eigenvalue weighted by molar-refractivity contribution is 5.80. The molecule has 0 bridgehead atoms. The molecule has 0 aliphatic rings. The van der Waals surface area contributed by atoms with Crippen LogP contribution in [0.2, 0.25) is 0 Å². The number of nitrogens with zero attached hydrogens (tertiary/aromatic N) is 1. The lowest BCUT2D eigenvalue weighted by Gasteiger charge is -2.25. The number of hydrogen-bond acceptors (Lipinski definition) is 1. The quantitative estimate of drug-likeness (QED) is 0.357. The summed E-state index contributed by atoms with van der Waals surface area (Å²) >= 11 is 0. The van der Waals surface area contributed by atoms with Crippen LogP contribution in [0, 0.1) is 0 Å². The third kappa shape index (κ3) is 7.64. The monoisotopic (exact) mass is 329 g/mol. The maximum atomic E-state index is 4.68. The van der Waals surface area contributed by atoms with Crippen molar-refractivity contribution in [3.8, 4) is 0 Å². The van der Waals surface area contributed by atoms with Gasteiger partial charge in [0.25, 0.3) is 0 Å². The van der Waals surface area contributed by atoms with Gasteiger partial charge in [-0.05, 0) is 46.1 Å². The minimum Gasteiger partial charge on any atom is -0.293 e. The predicted octanol–water partition coefficient (Wildman–Crippen LogP) is 7.06. The van der Waals surface area contributed by atoms with Crippen LogP contribution in [-0.4, -0.2) is 12.8 Å². The van der Waals surface area contributed by atoms with E-state index in [1.165, 1.54) is 55.2 Å². The molecule has 0 aliphatic heterocycles. The lowest BCUT2D eigenvalue weighted by Crippen LogP contribution is -2.17. The average molecular weight is 330 g/mol. The predicted molar refractivity (Wildman–Crippen MR) is 110 cm³/mol. The van der Waals surface area contributed by atoms with E-state index in [0.29, 0.717) is 0 Å². The van der Waals surface area contributed by atoms with Gasteiger partial charge in [0.1, 0.15) is 0 Å². The summed E-state index contributed by atoms with van der Waals surface area (Å²) in [5.74, 6) is 0. The summed E-state index contributed by atoms with van der Waals surface area (Å²) in [5.41, 5.74) is 4.39. The van der Waals surface area contributed by atoms with Gasteiger partial charge in [-0.3, -0.25) is 4.99 Å². The number of benzene rings is 1. The second-order valence-electron chi connectivity index (χ2n) is 9.15. The Kier molecular flexibility index (Phi) is 8.19. The van der Waals surface area contributed by atoms with Crippen molar-refractivity contribution in [1.29, 1.82) is 0 Å². The van der Waals surface area contributed by atoms with Crippen molar-refractivity contribution < 1.29 is 0 Å². The molecule has 0 N–H and O–H groups in total. The highest BCUT2D eigenvalue weighted by Crippen LogP contribution is 2.29. The first-order valence-corrected chi connectivity index (χ1v) is 9.80. The summed E-state index contributed by atoms with van der Waals surface area (Å²) in [6.07, 6.45) is 10.0. The van der Waals surface area contributed by atoms with E-state index in [2.05, 4.69) is 77.9 Å². The summed E-state index contributed by atoms with van der Waals surface area (Å²) < 4.78 is 0. The van der Waals surface area contributed by atoms with Crippen LogP contribution in [0.1, 0.15) is 104 Å². The maximum Gasteiger partial charge on any atom is 0.0389 e. The van der Waals surface area contributed by atoms with Crippen molar-refractivity contribution in [2.75, 3.05) is 6.54 Å². The second-order valence-corrected chi connectivity index (χ2v) is 9.15. The van der Waals surface area contributed by atoms with E-state index < -0.39 is 0 Å². The van der Waals surface area contributed by atoms with Crippen LogP contribution >= 0.6 is 0 Å². The minimum absolute atomic E-state index is 0.170. The zero-order chi connectivity index (χ0) is 18.2. The van der Waals surface area contributed by atoms with Crippen LogP contribution in [0.25, 0.3) is 0 Å². The first-order chi connectivity index (χ1) is 11.1. The Hall–Kier alpha value is -1.11. The van der Waals surface area contributed by atoms with E-state index in [1.807, 2.05) is 0 Å². The van der Waals surface area contributed by atoms with Crippen molar-refractivity contribution in [3.05, 3.63) is 34.9 Å². The zero-order valence-electron chi connectivity index (χ0n) is 17.2. The molecule has 24 heavy (non-hydrogen) atoms. The molecule has 0 atom stereocenters. The first kappa shape index (κ1) is 20.9. The van der Waals surface area contributed by atoms with Gasteiger partial charge >= 0.3 is 0 Å². The summed E-state index contributed by atoms with van der Waals surface area (Å²) in [4.78, 5) is 4.68. The molecular formula is C23H39N. The largest absolute Gasteiger partial charge is 0.293 e. The van der Waals surface area contributed by atoms with Gasteiger partial charge in [0.2, 0.25) is 0 Å². The SMILES string of the molecule is CCCCCCCCN=Cc1cc(C(C)(C)C)cc(C(C)(C)C)c1. The van der Waals surface area contributed by atoms with Gasteiger partial charge in [0.15, 0.2) is 0 Å². The van der Waals surface area contributed by atoms with Gasteiger partial charge in [-0.15, -0.1) is 0 Å². The fraction of sp³-hybridized carbons (Fsp3) is 0.696. The van der Waals surface area contributed by atoms with E-state index in [0.717, 1.165) is 6.54 Å². The highest BCUT2D eigenvalue weighted by atomic mass is 14.7. The van der Waals surface area contributed by atoms with Gasteiger partial charge in [0.05, 0.1) is 0 Å². The average Bonchev–Trinajstić information content (AvgIpc) is 2.48. The van der Waals surface area contributed by atoms with Crippen LogP contribution in [0.15, 0.2) is 23.2 Å². The highest BCUT2D eigenvalue weighted by Gasteiger charge is 2.20. The maximum absolute atomic E-state index is 4.68. The Labute approximate surface area is 151 Å². The molecule has 0 fully saturated rings. The molecule has 0 aromatic heterocycles. The fourth-order valence-electron chi connectivity index (χ4n) is 2.75. The van der Waals surface area contributed by atoms with Crippen LogP contribution < -0.4 is 0 Å². The van der Waals surface area contributed by atoms with Gasteiger partial charge in [-0.2, -0.15) is 0 Å². The van der Waals surface area contributed by atoms with E-state index in [9.17, 15) is 0 Å². The molecular weight excluding hydrogens is 290 g/mol. The van der Waals surface area contributed by atoms with Gasteiger partial charge in [-0.1, -0.05) is 86.6 Å². The molecule has 1 aromatic carbocycles. The topological polar surface area (TPSA) is 12.4 Å². The van der Waals surface area contributed by atoms with E-state index in [1.54, 1.807) is 0 Å². The van der Waals surface area contributed by atoms with Crippen molar-refractivity contribution in [1.82, 2.24) is 0 Å². The Balaban J connectivity index is 2.71. The number of aliphatic imine (C=N–C) groups is 1. The first-order valence-electron chi connectivity index (χ1n) is 9.80. The van der Waals surface area contributed by atoms with Crippen LogP contribution in [0.4, 0.5) is 0 Å². The third-order valence-electron chi connectivity index (χ3n) is 4.57. The lowest BCUT2D eigenvalue weighted by molar-refractivity contribution is 0.568. The molecule has 1 aromatic rings. The van der Waals surface area contributed by atoms with Crippen molar-refractivity contribution >= 4 is 6.21 Å². The van der Waals surface area contributed by atoms with Gasteiger partial charge in [0, 0.05) is 12.8 Å². The molecule has 0 radical (unpaired) electrons. The van der Waals surface area contributed by atoms with Crippen molar-refractivity contribution in [2.24, 2.45) is 4.99 Å². The summed E-state index contributed by atoms with van der Waals surface area (Å²) in [6.45, 7) is 16.9. The molecule has 1 rings (SSSR count). The number of rotatable bonds is 8. The standard InChI is InChI=1S/C23H39N/c1-8-9-10-11-12-13-14-24-18-19-15-20(22(2,3)4)17-21(16-19)23(5,6)7/h15-18H,8-14H2,1-7H3. The Morgan fingerprint density at radius 3 is 1.75 bits per heavy atom. The van der Waals surface area contributed by atoms with Crippen LogP contribution in [-0.2, 0) is 10.8 Å². The van der Waals surface area contributed by atoms with E-state index in [4.69, 9.17) is 0 Å². The molecule has 0 unspecified atom stereocenters. The Morgan fingerprint density at radius 2 is 1.25 bits per heavy atom. The smallest absolute Gasteiger partial charge is 0.0389 e. The fourth-order valence-corrected chi connectivity index (χ4v) is 2.75. The molecule has 0 saturated carbocycles. The second kappa shape index (κ2) is 9.39. The molecule has 1 heteroatoms. The third-order valence-corrected chi connectivity index (χ3v) is 4.57. The molecule has 136 valence electrons. The Morgan fingerprint density at radius 1 is 0.750 bits per heavy atom. The molecule has 0 aliphatic carbocycles. The number of unbranched alkanes of at least 4 members (excludes halogenated alkanes) is 5. The molecule has 1 nitrogen and oxygen atoms in total. The van der Waals surface area contributed by atoms with Crippen LogP contribution in [0.3, 0.4) is 0 Å².